The Morgan fingerprint density at radius 2 is 1.86 bits per heavy atom. The highest BCUT2D eigenvalue weighted by molar-refractivity contribution is 6.30. The van der Waals surface area contributed by atoms with Gasteiger partial charge in [0.15, 0.2) is 0 Å². The zero-order valence-electron chi connectivity index (χ0n) is 11.5. The largest absolute Gasteiger partial charge is 0.348 e. The highest BCUT2D eigenvalue weighted by Crippen LogP contribution is 2.18. The molecule has 0 spiro atoms. The summed E-state index contributed by atoms with van der Waals surface area (Å²) in [6.07, 6.45) is 2.70. The van der Waals surface area contributed by atoms with Gasteiger partial charge in [-0.2, -0.15) is 0 Å². The standard InChI is InChI=1S/C16H13ClN2O3/c17-14-8-5-12(6-9-14)11-18-16(20)10-7-13-3-1-2-4-15(13)19(21)22/h1-10H,11H2,(H,18,20)/b10-7+. The summed E-state index contributed by atoms with van der Waals surface area (Å²) in [6.45, 7) is 0.358. The van der Waals surface area contributed by atoms with Gasteiger partial charge in [0.25, 0.3) is 5.69 Å². The number of benzene rings is 2. The van der Waals surface area contributed by atoms with E-state index in [0.717, 1.165) is 5.56 Å². The predicted molar refractivity (Wildman–Crippen MR) is 85.4 cm³/mol. The number of halogens is 1. The van der Waals surface area contributed by atoms with Crippen LogP contribution in [0, 0.1) is 10.1 Å². The predicted octanol–water partition coefficient (Wildman–Crippen LogP) is 3.58. The van der Waals surface area contributed by atoms with Crippen LogP contribution in [0.1, 0.15) is 11.1 Å². The number of nitro benzene ring substituents is 1. The molecule has 1 amide bonds. The van der Waals surface area contributed by atoms with Crippen LogP contribution < -0.4 is 5.32 Å². The summed E-state index contributed by atoms with van der Waals surface area (Å²) in [5.74, 6) is -0.326. The fourth-order valence-electron chi connectivity index (χ4n) is 1.81. The molecule has 0 radical (unpaired) electrons. The van der Waals surface area contributed by atoms with E-state index in [-0.39, 0.29) is 11.6 Å². The van der Waals surface area contributed by atoms with Crippen LogP contribution in [-0.4, -0.2) is 10.8 Å². The van der Waals surface area contributed by atoms with Crippen molar-refractivity contribution < 1.29 is 9.72 Å². The molecule has 2 aromatic carbocycles. The van der Waals surface area contributed by atoms with Gasteiger partial charge >= 0.3 is 0 Å². The van der Waals surface area contributed by atoms with Crippen molar-refractivity contribution in [1.29, 1.82) is 0 Å². The molecular weight excluding hydrogens is 304 g/mol. The lowest BCUT2D eigenvalue weighted by Crippen LogP contribution is -2.20. The number of hydrogen-bond donors (Lipinski definition) is 1. The fourth-order valence-corrected chi connectivity index (χ4v) is 1.94. The number of nitrogens with one attached hydrogen (secondary N) is 1. The van der Waals surface area contributed by atoms with Gasteiger partial charge < -0.3 is 5.32 Å². The first kappa shape index (κ1) is 15.7. The molecule has 0 heterocycles. The van der Waals surface area contributed by atoms with Gasteiger partial charge in [-0.15, -0.1) is 0 Å². The molecule has 112 valence electrons. The van der Waals surface area contributed by atoms with E-state index in [0.29, 0.717) is 17.1 Å². The number of amides is 1. The van der Waals surface area contributed by atoms with Gasteiger partial charge in [-0.25, -0.2) is 0 Å². The van der Waals surface area contributed by atoms with Crippen molar-refractivity contribution in [3.63, 3.8) is 0 Å². The second kappa shape index (κ2) is 7.38. The second-order valence-electron chi connectivity index (χ2n) is 4.49. The van der Waals surface area contributed by atoms with E-state index in [1.54, 1.807) is 30.3 Å². The third-order valence-corrected chi connectivity index (χ3v) is 3.18. The van der Waals surface area contributed by atoms with Gasteiger partial charge in [0.05, 0.1) is 10.5 Å². The van der Waals surface area contributed by atoms with E-state index in [1.807, 2.05) is 12.1 Å². The third-order valence-electron chi connectivity index (χ3n) is 2.93. The molecule has 0 unspecified atom stereocenters. The fraction of sp³-hybridized carbons (Fsp3) is 0.0625. The van der Waals surface area contributed by atoms with E-state index < -0.39 is 4.92 Å². The highest BCUT2D eigenvalue weighted by atomic mass is 35.5. The third kappa shape index (κ3) is 4.43. The van der Waals surface area contributed by atoms with E-state index in [9.17, 15) is 14.9 Å². The van der Waals surface area contributed by atoms with Crippen LogP contribution in [0.5, 0.6) is 0 Å². The molecule has 0 aliphatic rings. The van der Waals surface area contributed by atoms with Crippen LogP contribution >= 0.6 is 11.6 Å². The molecule has 0 fully saturated rings. The molecule has 0 saturated carbocycles. The molecule has 2 aromatic rings. The zero-order valence-corrected chi connectivity index (χ0v) is 12.3. The van der Waals surface area contributed by atoms with Crippen LogP contribution in [-0.2, 0) is 11.3 Å². The summed E-state index contributed by atoms with van der Waals surface area (Å²) in [7, 11) is 0. The first-order valence-corrected chi connectivity index (χ1v) is 6.88. The first-order valence-electron chi connectivity index (χ1n) is 6.50. The van der Waals surface area contributed by atoms with Gasteiger partial charge in [0, 0.05) is 23.7 Å². The summed E-state index contributed by atoms with van der Waals surface area (Å²) >= 11 is 5.78. The van der Waals surface area contributed by atoms with E-state index in [2.05, 4.69) is 5.32 Å². The van der Waals surface area contributed by atoms with Gasteiger partial charge in [-0.1, -0.05) is 35.9 Å². The minimum absolute atomic E-state index is 0.0377. The summed E-state index contributed by atoms with van der Waals surface area (Å²) in [5.41, 5.74) is 1.26. The van der Waals surface area contributed by atoms with Crippen molar-refractivity contribution in [1.82, 2.24) is 5.32 Å². The van der Waals surface area contributed by atoms with Crippen molar-refractivity contribution >= 4 is 29.3 Å². The van der Waals surface area contributed by atoms with Gasteiger partial charge in [0.1, 0.15) is 0 Å². The number of hydrogen-bond acceptors (Lipinski definition) is 3. The summed E-state index contributed by atoms with van der Waals surface area (Å²) in [5, 5.41) is 14.2. The Morgan fingerprint density at radius 1 is 1.18 bits per heavy atom. The van der Waals surface area contributed by atoms with Crippen LogP contribution in [0.4, 0.5) is 5.69 Å². The number of rotatable bonds is 5. The summed E-state index contributed by atoms with van der Waals surface area (Å²) < 4.78 is 0. The number of carbonyl (C=O) groups is 1. The van der Waals surface area contributed by atoms with E-state index in [1.165, 1.54) is 18.2 Å². The molecule has 5 nitrogen and oxygen atoms in total. The maximum atomic E-state index is 11.7. The molecule has 6 heteroatoms. The Morgan fingerprint density at radius 3 is 2.55 bits per heavy atom. The Hall–Kier alpha value is -2.66. The van der Waals surface area contributed by atoms with Crippen LogP contribution in [0.25, 0.3) is 6.08 Å². The van der Waals surface area contributed by atoms with E-state index in [4.69, 9.17) is 11.6 Å². The molecule has 22 heavy (non-hydrogen) atoms. The molecule has 0 bridgehead atoms. The number of nitro groups is 1. The van der Waals surface area contributed by atoms with Crippen molar-refractivity contribution in [3.05, 3.63) is 80.9 Å². The average Bonchev–Trinajstić information content (AvgIpc) is 2.52. The smallest absolute Gasteiger partial charge is 0.276 e. The average molecular weight is 317 g/mol. The van der Waals surface area contributed by atoms with Gasteiger partial charge in [-0.05, 0) is 29.8 Å². The second-order valence-corrected chi connectivity index (χ2v) is 4.93. The van der Waals surface area contributed by atoms with Crippen LogP contribution in [0.2, 0.25) is 5.02 Å². The van der Waals surface area contributed by atoms with Crippen molar-refractivity contribution in [2.24, 2.45) is 0 Å². The minimum atomic E-state index is -0.481. The van der Waals surface area contributed by atoms with Crippen LogP contribution in [0.15, 0.2) is 54.6 Å². The lowest BCUT2D eigenvalue weighted by atomic mass is 10.1. The SMILES string of the molecule is O=C(/C=C/c1ccccc1[N+](=O)[O-])NCc1ccc(Cl)cc1. The van der Waals surface area contributed by atoms with Crippen molar-refractivity contribution in [3.8, 4) is 0 Å². The lowest BCUT2D eigenvalue weighted by molar-refractivity contribution is -0.385. The number of nitrogens with zero attached hydrogens (tertiary/aromatic N) is 1. The molecule has 2 rings (SSSR count). The maximum absolute atomic E-state index is 11.7. The lowest BCUT2D eigenvalue weighted by Gasteiger charge is -2.02. The first-order chi connectivity index (χ1) is 10.6. The molecular formula is C16H13ClN2O3. The van der Waals surface area contributed by atoms with Gasteiger partial charge in [0.2, 0.25) is 5.91 Å². The Bertz CT molecular complexity index is 712. The molecule has 0 aliphatic heterocycles. The topological polar surface area (TPSA) is 72.2 Å². The molecule has 0 aliphatic carbocycles. The minimum Gasteiger partial charge on any atom is -0.348 e. The monoisotopic (exact) mass is 316 g/mol. The molecule has 0 saturated heterocycles. The zero-order chi connectivity index (χ0) is 15.9. The Balaban J connectivity index is 1.97. The Kier molecular flexibility index (Phi) is 5.27. The quantitative estimate of drug-likeness (QED) is 0.520. The summed E-state index contributed by atoms with van der Waals surface area (Å²) in [4.78, 5) is 22.1. The summed E-state index contributed by atoms with van der Waals surface area (Å²) in [6, 6.07) is 13.3. The normalized spacial score (nSPS) is 10.6. The van der Waals surface area contributed by atoms with Crippen LogP contribution in [0.3, 0.4) is 0 Å². The molecule has 0 aromatic heterocycles. The highest BCUT2D eigenvalue weighted by Gasteiger charge is 2.09. The van der Waals surface area contributed by atoms with Gasteiger partial charge in [-0.3, -0.25) is 14.9 Å². The number of para-hydroxylation sites is 1. The molecule has 0 atom stereocenters. The van der Waals surface area contributed by atoms with Crippen molar-refractivity contribution in [2.75, 3.05) is 0 Å². The molecule has 1 N–H and O–H groups in total. The Labute approximate surface area is 132 Å². The maximum Gasteiger partial charge on any atom is 0.276 e. The number of carbonyl (C=O) groups excluding carboxylic acids is 1. The van der Waals surface area contributed by atoms with E-state index >= 15 is 0 Å². The van der Waals surface area contributed by atoms with Crippen molar-refractivity contribution in [2.45, 2.75) is 6.54 Å².